The highest BCUT2D eigenvalue weighted by Gasteiger charge is 2.44. The van der Waals surface area contributed by atoms with E-state index >= 15 is 0 Å². The van der Waals surface area contributed by atoms with Gasteiger partial charge in [0, 0.05) is 6.54 Å². The van der Waals surface area contributed by atoms with Crippen molar-refractivity contribution in [3.63, 3.8) is 0 Å². The van der Waals surface area contributed by atoms with Crippen LogP contribution in [0.1, 0.15) is 39.5 Å². The molecule has 1 N–H and O–H groups in total. The maximum absolute atomic E-state index is 12.6. The Bertz CT molecular complexity index is 352. The third-order valence-corrected chi connectivity index (χ3v) is 5.59. The zero-order chi connectivity index (χ0) is 13.3. The number of rotatable bonds is 2. The lowest BCUT2D eigenvalue weighted by Crippen LogP contribution is -2.55. The van der Waals surface area contributed by atoms with Crippen LogP contribution in [0, 0.1) is 5.92 Å². The van der Waals surface area contributed by atoms with E-state index in [4.69, 9.17) is 0 Å². The summed E-state index contributed by atoms with van der Waals surface area (Å²) in [5, 5.41) is 9.30. The topological polar surface area (TPSA) is 57.6 Å². The lowest BCUT2D eigenvalue weighted by molar-refractivity contribution is -0.154. The fourth-order valence-electron chi connectivity index (χ4n) is 2.87. The van der Waals surface area contributed by atoms with Crippen LogP contribution in [0.15, 0.2) is 0 Å². The van der Waals surface area contributed by atoms with Gasteiger partial charge in [0.15, 0.2) is 0 Å². The van der Waals surface area contributed by atoms with Crippen LogP contribution in [0.4, 0.5) is 0 Å². The number of likely N-dealkylation sites (tertiary alicyclic amines) is 1. The Balaban J connectivity index is 2.14. The van der Waals surface area contributed by atoms with E-state index in [1.54, 1.807) is 16.7 Å². The molecular weight excluding hydrogens is 250 g/mol. The number of nitrogens with zero attached hydrogens (tertiary/aromatic N) is 1. The number of aliphatic carboxylic acids is 1. The highest BCUT2D eigenvalue weighted by molar-refractivity contribution is 8.01. The van der Waals surface area contributed by atoms with Gasteiger partial charge in [0.2, 0.25) is 5.91 Å². The molecule has 2 fully saturated rings. The molecule has 5 heteroatoms. The Hall–Kier alpha value is -0.710. The molecule has 2 saturated heterocycles. The predicted octanol–water partition coefficient (Wildman–Crippen LogP) is 1.98. The van der Waals surface area contributed by atoms with Crippen LogP contribution in [-0.2, 0) is 9.59 Å². The van der Waals surface area contributed by atoms with E-state index in [1.807, 2.05) is 6.92 Å². The quantitative estimate of drug-likeness (QED) is 0.834. The molecule has 18 heavy (non-hydrogen) atoms. The molecule has 2 heterocycles. The molecule has 2 aliphatic rings. The maximum atomic E-state index is 12.6. The number of carbonyl (C=O) groups excluding carboxylic acids is 1. The SMILES string of the molecule is CC1CCN(C(=O)C2(C)CCCS2)C(C(=O)O)C1. The van der Waals surface area contributed by atoms with Crippen LogP contribution in [-0.4, -0.2) is 45.0 Å². The van der Waals surface area contributed by atoms with Crippen LogP contribution < -0.4 is 0 Å². The normalized spacial score (nSPS) is 36.7. The molecule has 0 radical (unpaired) electrons. The minimum atomic E-state index is -0.860. The van der Waals surface area contributed by atoms with Gasteiger partial charge < -0.3 is 10.0 Å². The monoisotopic (exact) mass is 271 g/mol. The van der Waals surface area contributed by atoms with Crippen LogP contribution in [0.5, 0.6) is 0 Å². The Labute approximate surface area is 112 Å². The van der Waals surface area contributed by atoms with Gasteiger partial charge in [-0.05, 0) is 44.3 Å². The number of amides is 1. The molecule has 0 bridgehead atoms. The molecule has 0 aromatic carbocycles. The minimum absolute atomic E-state index is 0.0318. The summed E-state index contributed by atoms with van der Waals surface area (Å²) in [5.74, 6) is 0.564. The molecular formula is C13H21NO3S. The van der Waals surface area contributed by atoms with E-state index in [2.05, 4.69) is 6.92 Å². The summed E-state index contributed by atoms with van der Waals surface area (Å²) in [7, 11) is 0. The van der Waals surface area contributed by atoms with E-state index in [-0.39, 0.29) is 5.91 Å². The highest BCUT2D eigenvalue weighted by Crippen LogP contribution is 2.40. The zero-order valence-electron chi connectivity index (χ0n) is 11.0. The van der Waals surface area contributed by atoms with Crippen LogP contribution in [0.3, 0.4) is 0 Å². The molecule has 3 atom stereocenters. The van der Waals surface area contributed by atoms with Gasteiger partial charge in [0.25, 0.3) is 0 Å². The van der Waals surface area contributed by atoms with Crippen molar-refractivity contribution in [2.45, 2.75) is 50.3 Å². The van der Waals surface area contributed by atoms with E-state index in [1.165, 1.54) is 0 Å². The average Bonchev–Trinajstić information content (AvgIpc) is 2.76. The van der Waals surface area contributed by atoms with Gasteiger partial charge in [-0.1, -0.05) is 6.92 Å². The molecule has 2 rings (SSSR count). The first-order valence-corrected chi connectivity index (χ1v) is 7.60. The van der Waals surface area contributed by atoms with Crippen molar-refractivity contribution in [3.05, 3.63) is 0 Å². The summed E-state index contributed by atoms with van der Waals surface area (Å²) >= 11 is 1.68. The number of hydrogen-bond acceptors (Lipinski definition) is 3. The van der Waals surface area contributed by atoms with Crippen molar-refractivity contribution in [2.75, 3.05) is 12.3 Å². The third-order valence-electron chi connectivity index (χ3n) is 4.08. The van der Waals surface area contributed by atoms with Gasteiger partial charge >= 0.3 is 5.97 Å². The van der Waals surface area contributed by atoms with Crippen molar-refractivity contribution in [1.29, 1.82) is 0 Å². The first-order valence-electron chi connectivity index (χ1n) is 6.62. The van der Waals surface area contributed by atoms with E-state index in [0.717, 1.165) is 25.0 Å². The van der Waals surface area contributed by atoms with E-state index < -0.39 is 16.8 Å². The lowest BCUT2D eigenvalue weighted by atomic mass is 9.90. The first kappa shape index (κ1) is 13.7. The number of thioether (sulfide) groups is 1. The summed E-state index contributed by atoms with van der Waals surface area (Å²) in [6.07, 6.45) is 3.42. The Morgan fingerprint density at radius 2 is 2.17 bits per heavy atom. The number of piperidine rings is 1. The average molecular weight is 271 g/mol. The minimum Gasteiger partial charge on any atom is -0.480 e. The summed E-state index contributed by atoms with van der Waals surface area (Å²) in [4.78, 5) is 25.5. The molecule has 3 unspecified atom stereocenters. The summed E-state index contributed by atoms with van der Waals surface area (Å²) in [6, 6.07) is -0.626. The third kappa shape index (κ3) is 2.51. The van der Waals surface area contributed by atoms with Gasteiger partial charge in [-0.2, -0.15) is 0 Å². The Kier molecular flexibility index (Phi) is 3.90. The molecule has 2 aliphatic heterocycles. The van der Waals surface area contributed by atoms with Gasteiger partial charge in [0.05, 0.1) is 4.75 Å². The summed E-state index contributed by atoms with van der Waals surface area (Å²) in [5.41, 5.74) is 0. The van der Waals surface area contributed by atoms with Gasteiger partial charge in [-0.25, -0.2) is 4.79 Å². The van der Waals surface area contributed by atoms with Crippen molar-refractivity contribution < 1.29 is 14.7 Å². The molecule has 0 aromatic heterocycles. The molecule has 1 amide bonds. The maximum Gasteiger partial charge on any atom is 0.326 e. The largest absolute Gasteiger partial charge is 0.480 e. The number of carbonyl (C=O) groups is 2. The van der Waals surface area contributed by atoms with Gasteiger partial charge in [0.1, 0.15) is 6.04 Å². The Morgan fingerprint density at radius 3 is 2.72 bits per heavy atom. The number of carboxylic acid groups (broad SMARTS) is 1. The highest BCUT2D eigenvalue weighted by atomic mass is 32.2. The second-order valence-electron chi connectivity index (χ2n) is 5.67. The van der Waals surface area contributed by atoms with Crippen LogP contribution in [0.2, 0.25) is 0 Å². The summed E-state index contributed by atoms with van der Waals surface area (Å²) in [6.45, 7) is 4.61. The fraction of sp³-hybridized carbons (Fsp3) is 0.846. The van der Waals surface area contributed by atoms with Gasteiger partial charge in [-0.15, -0.1) is 11.8 Å². The van der Waals surface area contributed by atoms with Gasteiger partial charge in [-0.3, -0.25) is 4.79 Å². The second kappa shape index (κ2) is 5.11. The van der Waals surface area contributed by atoms with Crippen molar-refractivity contribution in [3.8, 4) is 0 Å². The molecule has 4 nitrogen and oxygen atoms in total. The standard InChI is InChI=1S/C13H21NO3S/c1-9-4-6-14(10(8-9)11(15)16)12(17)13(2)5-3-7-18-13/h9-10H,3-8H2,1-2H3,(H,15,16). The van der Waals surface area contributed by atoms with Crippen LogP contribution >= 0.6 is 11.8 Å². The predicted molar refractivity (Wildman–Crippen MR) is 71.6 cm³/mol. The molecule has 0 spiro atoms. The molecule has 0 aliphatic carbocycles. The van der Waals surface area contributed by atoms with Crippen LogP contribution in [0.25, 0.3) is 0 Å². The first-order chi connectivity index (χ1) is 8.44. The smallest absolute Gasteiger partial charge is 0.326 e. The Morgan fingerprint density at radius 1 is 1.44 bits per heavy atom. The molecule has 0 saturated carbocycles. The van der Waals surface area contributed by atoms with Crippen molar-refractivity contribution >= 4 is 23.6 Å². The number of carboxylic acids is 1. The summed E-state index contributed by atoms with van der Waals surface area (Å²) < 4.78 is -0.395. The number of hydrogen-bond donors (Lipinski definition) is 1. The second-order valence-corrected chi connectivity index (χ2v) is 7.26. The van der Waals surface area contributed by atoms with E-state index in [9.17, 15) is 14.7 Å². The fourth-order valence-corrected chi connectivity index (χ4v) is 4.14. The molecule has 102 valence electrons. The zero-order valence-corrected chi connectivity index (χ0v) is 11.8. The molecule has 0 aromatic rings. The lowest BCUT2D eigenvalue weighted by Gasteiger charge is -2.39. The van der Waals surface area contributed by atoms with Crippen molar-refractivity contribution in [2.24, 2.45) is 5.92 Å². The van der Waals surface area contributed by atoms with E-state index in [0.29, 0.717) is 18.9 Å². The van der Waals surface area contributed by atoms with Crippen molar-refractivity contribution in [1.82, 2.24) is 4.90 Å².